The van der Waals surface area contributed by atoms with E-state index in [0.717, 1.165) is 17.7 Å². The Morgan fingerprint density at radius 1 is 0.870 bits per heavy atom. The van der Waals surface area contributed by atoms with Crippen molar-refractivity contribution in [2.75, 3.05) is 30.2 Å². The molecular weight excluding hydrogens is 638 g/mol. The molecule has 1 aromatic carbocycles. The Balaban J connectivity index is 1.32. The average molecular weight is 694 g/mol. The Kier molecular flexibility index (Phi) is 19.1. The summed E-state index contributed by atoms with van der Waals surface area (Å²) in [6.07, 6.45) is 21.5. The molecule has 9 nitrogen and oxygen atoms in total. The minimum Gasteiger partial charge on any atom is -0.382 e. The van der Waals surface area contributed by atoms with Crippen LogP contribution in [0.5, 0.6) is 0 Å². The minimum atomic E-state index is -3.54. The smallest absolute Gasteiger partial charge is 0.356 e. The van der Waals surface area contributed by atoms with E-state index in [1.165, 1.54) is 89.8 Å². The van der Waals surface area contributed by atoms with Crippen LogP contribution in [0.25, 0.3) is 11.2 Å². The van der Waals surface area contributed by atoms with Crippen LogP contribution in [0.2, 0.25) is 0 Å². The summed E-state index contributed by atoms with van der Waals surface area (Å²) in [4.78, 5) is 12.6. The van der Waals surface area contributed by atoms with Crippen LogP contribution in [-0.2, 0) is 52.1 Å². The molecule has 0 aliphatic heterocycles. The fourth-order valence-corrected chi connectivity index (χ4v) is 8.33. The summed E-state index contributed by atoms with van der Waals surface area (Å²) < 4.78 is 33.4. The molecule has 46 heavy (non-hydrogen) atoms. The third-order valence-electron chi connectivity index (χ3n) is 8.00. The zero-order valence-electron chi connectivity index (χ0n) is 28.0. The number of nitrogens with zero attached hydrogens (tertiary/aromatic N) is 4. The first-order valence-electron chi connectivity index (χ1n) is 17.2. The molecule has 0 fully saturated rings. The van der Waals surface area contributed by atoms with Gasteiger partial charge in [0.1, 0.15) is 18.2 Å². The van der Waals surface area contributed by atoms with Crippen LogP contribution in [0.3, 0.4) is 0 Å². The fraction of sp³-hybridized carbons (Fsp3) is 0.676. The Labute approximate surface area is 283 Å². The third kappa shape index (κ3) is 15.4. The molecule has 0 radical (unpaired) electrons. The first-order valence-corrected chi connectivity index (χ1v) is 21.4. The van der Waals surface area contributed by atoms with Gasteiger partial charge in [-0.15, -0.1) is 9.45 Å². The van der Waals surface area contributed by atoms with Gasteiger partial charge >= 0.3 is 7.60 Å². The van der Waals surface area contributed by atoms with Crippen molar-refractivity contribution in [2.45, 2.75) is 123 Å². The van der Waals surface area contributed by atoms with Gasteiger partial charge in [0, 0.05) is 5.75 Å². The van der Waals surface area contributed by atoms with E-state index in [1.54, 1.807) is 6.33 Å². The topological polar surface area (TPSA) is 114 Å². The van der Waals surface area contributed by atoms with Gasteiger partial charge in [0.15, 0.2) is 11.5 Å². The molecule has 2 heterocycles. The lowest BCUT2D eigenvalue weighted by molar-refractivity contribution is 0.0655. The van der Waals surface area contributed by atoms with E-state index in [9.17, 15) is 4.57 Å². The van der Waals surface area contributed by atoms with E-state index in [2.05, 4.69) is 21.9 Å². The van der Waals surface area contributed by atoms with Crippen LogP contribution >= 0.6 is 7.60 Å². The quantitative estimate of drug-likeness (QED) is 0.0618. The highest BCUT2D eigenvalue weighted by atomic mass is 32.8. The maximum Gasteiger partial charge on any atom is 0.356 e. The number of nitrogens with two attached hydrogens (primary N) is 1. The molecule has 0 saturated carbocycles. The molecule has 12 heteroatoms. The van der Waals surface area contributed by atoms with E-state index < -0.39 is 7.60 Å². The van der Waals surface area contributed by atoms with Crippen molar-refractivity contribution in [3.05, 3.63) is 48.5 Å². The Morgan fingerprint density at radius 2 is 1.50 bits per heavy atom. The molecule has 258 valence electrons. The molecule has 2 aromatic heterocycles. The summed E-state index contributed by atoms with van der Waals surface area (Å²) in [5, 5.41) is 0. The number of unbranched alkanes of at least 4 members (excludes halogenated alkanes) is 13. The number of imidazole rings is 1. The van der Waals surface area contributed by atoms with E-state index in [0.29, 0.717) is 29.3 Å². The number of hydrogen-bond donors (Lipinski definition) is 1. The number of anilines is 1. The minimum absolute atomic E-state index is 0.158. The van der Waals surface area contributed by atoms with Crippen molar-refractivity contribution in [3.8, 4) is 0 Å². The number of nitrogen functional groups attached to an aromatic ring is 1. The molecule has 0 saturated heterocycles. The van der Waals surface area contributed by atoms with Crippen LogP contribution in [0.1, 0.15) is 109 Å². The molecule has 3 rings (SSSR count). The first kappa shape index (κ1) is 38.7. The molecule has 0 amide bonds. The van der Waals surface area contributed by atoms with Crippen LogP contribution in [0.15, 0.2) is 43.0 Å². The predicted octanol–water partition coefficient (Wildman–Crippen LogP) is 8.76. The highest BCUT2D eigenvalue weighted by molar-refractivity contribution is 8.28. The monoisotopic (exact) mass is 693 g/mol. The number of aromatic nitrogens is 4. The maximum atomic E-state index is 13.8. The van der Waals surface area contributed by atoms with Gasteiger partial charge in [-0.2, -0.15) is 0 Å². The molecule has 0 bridgehead atoms. The van der Waals surface area contributed by atoms with Gasteiger partial charge in [-0.3, -0.25) is 4.57 Å². The standard InChI is InChI=1S/C34H56N5O4PS2/c1-3-4-5-6-7-8-9-10-11-12-13-14-15-19-23-46(45)24-22-42-44(40,43-26-31-20-17-16-18-21-31)29-41-30(2)25-39-28-38-32-33(35)36-27-37-34(32)39/h16-18,20-21,27-28,30H,3-15,19,22-26,29H2,1-2H3,(H2,35,36,37)/t30-,44?,46?/m1/s1. The number of rotatable bonds is 27. The van der Waals surface area contributed by atoms with Crippen LogP contribution in [-0.4, -0.2) is 50.1 Å². The van der Waals surface area contributed by atoms with Crippen LogP contribution < -0.4 is 5.73 Å². The molecular formula is C34H56N5O4PS2. The molecule has 2 N–H and O–H groups in total. The number of hydrogen-bond acceptors (Lipinski definition) is 9. The van der Waals surface area contributed by atoms with E-state index >= 15 is 0 Å². The summed E-state index contributed by atoms with van der Waals surface area (Å²) in [7, 11) is -3.74. The highest BCUT2D eigenvalue weighted by Crippen LogP contribution is 2.49. The van der Waals surface area contributed by atoms with Gasteiger partial charge in [-0.1, -0.05) is 132 Å². The zero-order valence-corrected chi connectivity index (χ0v) is 30.6. The summed E-state index contributed by atoms with van der Waals surface area (Å²) in [6.45, 7) is 5.08. The van der Waals surface area contributed by atoms with E-state index in [4.69, 9.17) is 30.7 Å². The normalized spacial score (nSPS) is 14.4. The third-order valence-corrected chi connectivity index (χ3v) is 11.9. The Morgan fingerprint density at radius 3 is 2.15 bits per heavy atom. The Hall–Kier alpha value is -1.75. The lowest BCUT2D eigenvalue weighted by Crippen LogP contribution is -2.19. The maximum absolute atomic E-state index is 13.8. The molecule has 3 aromatic rings. The summed E-state index contributed by atoms with van der Waals surface area (Å²) >= 11 is 5.74. The van der Waals surface area contributed by atoms with Crippen molar-refractivity contribution >= 4 is 45.2 Å². The number of fused-ring (bicyclic) bond motifs is 1. The second kappa shape index (κ2) is 22.8. The summed E-state index contributed by atoms with van der Waals surface area (Å²) in [5.74, 6) is 2.02. The number of ether oxygens (including phenoxy) is 1. The van der Waals surface area contributed by atoms with Crippen molar-refractivity contribution in [3.63, 3.8) is 0 Å². The highest BCUT2D eigenvalue weighted by Gasteiger charge is 2.27. The van der Waals surface area contributed by atoms with Crippen molar-refractivity contribution in [2.24, 2.45) is 0 Å². The lowest BCUT2D eigenvalue weighted by atomic mass is 10.0. The van der Waals surface area contributed by atoms with Crippen LogP contribution in [0, 0.1) is 0 Å². The van der Waals surface area contributed by atoms with Crippen molar-refractivity contribution in [1.29, 1.82) is 0 Å². The van der Waals surface area contributed by atoms with Gasteiger partial charge in [-0.05, 0) is 24.7 Å². The van der Waals surface area contributed by atoms with Gasteiger partial charge in [-0.25, -0.2) is 15.0 Å². The average Bonchev–Trinajstić information content (AvgIpc) is 3.47. The van der Waals surface area contributed by atoms with Crippen molar-refractivity contribution < 1.29 is 18.3 Å². The lowest BCUT2D eigenvalue weighted by Gasteiger charge is -2.21. The fourth-order valence-electron chi connectivity index (χ4n) is 5.27. The second-order valence-corrected chi connectivity index (χ2v) is 17.2. The van der Waals surface area contributed by atoms with Gasteiger partial charge in [0.05, 0.1) is 32.2 Å². The Bertz CT molecular complexity index is 1310. The van der Waals surface area contributed by atoms with Gasteiger partial charge in [0.25, 0.3) is 0 Å². The van der Waals surface area contributed by atoms with E-state index in [1.807, 2.05) is 41.8 Å². The van der Waals surface area contributed by atoms with Gasteiger partial charge in [0.2, 0.25) is 0 Å². The molecule has 2 unspecified atom stereocenters. The molecule has 0 aliphatic rings. The van der Waals surface area contributed by atoms with Crippen LogP contribution in [0.4, 0.5) is 5.82 Å². The largest absolute Gasteiger partial charge is 0.382 e. The molecule has 0 spiro atoms. The van der Waals surface area contributed by atoms with Gasteiger partial charge < -0.3 is 24.1 Å². The second-order valence-electron chi connectivity index (χ2n) is 12.1. The first-order chi connectivity index (χ1) is 22.4. The molecule has 0 aliphatic carbocycles. The zero-order chi connectivity index (χ0) is 32.9. The summed E-state index contributed by atoms with van der Waals surface area (Å²) in [6, 6.07) is 9.65. The molecule has 3 atom stereocenters. The number of benzene rings is 1. The SMILES string of the molecule is CCCCCCCCCCCCCCCCS(=S)CCOP(=O)(CO[C@H](C)Cn1cnc2c(N)ncnc21)OCc1ccccc1. The van der Waals surface area contributed by atoms with Crippen molar-refractivity contribution in [1.82, 2.24) is 19.5 Å². The van der Waals surface area contributed by atoms with E-state index in [-0.39, 0.29) is 35.1 Å². The predicted molar refractivity (Wildman–Crippen MR) is 195 cm³/mol. The summed E-state index contributed by atoms with van der Waals surface area (Å²) in [5.41, 5.74) is 8.00.